The Balaban J connectivity index is 2.03. The molecule has 42 heavy (non-hydrogen) atoms. The van der Waals surface area contributed by atoms with Gasteiger partial charge < -0.3 is 35.3 Å². The number of esters is 2. The largest absolute Gasteiger partial charge is 0.504 e. The first-order valence-corrected chi connectivity index (χ1v) is 14.4. The van der Waals surface area contributed by atoms with E-state index in [2.05, 4.69) is 16.0 Å². The molecule has 0 aliphatic heterocycles. The van der Waals surface area contributed by atoms with Gasteiger partial charge in [-0.3, -0.25) is 19.2 Å². The molecule has 0 unspecified atom stereocenters. The van der Waals surface area contributed by atoms with Crippen molar-refractivity contribution in [2.24, 2.45) is 5.92 Å². The van der Waals surface area contributed by atoms with Gasteiger partial charge in [-0.05, 0) is 56.4 Å². The minimum absolute atomic E-state index is 0.0111. The van der Waals surface area contributed by atoms with Gasteiger partial charge in [-0.15, -0.1) is 0 Å². The van der Waals surface area contributed by atoms with Crippen molar-refractivity contribution in [1.82, 2.24) is 16.0 Å². The number of nitrogens with one attached hydrogen (secondary N) is 3. The van der Waals surface area contributed by atoms with Gasteiger partial charge in [0.2, 0.25) is 17.7 Å². The molecule has 3 amide bonds. The predicted octanol–water partition coefficient (Wildman–Crippen LogP) is 2.38. The lowest BCUT2D eigenvalue weighted by Crippen LogP contribution is -2.54. The summed E-state index contributed by atoms with van der Waals surface area (Å²) in [6.07, 6.45) is 8.05. The van der Waals surface area contributed by atoms with E-state index in [1.54, 1.807) is 26.0 Å². The van der Waals surface area contributed by atoms with Crippen LogP contribution in [-0.2, 0) is 33.4 Å². The summed E-state index contributed by atoms with van der Waals surface area (Å²) in [4.78, 5) is 62.8. The molecular formula is C30H43N3O9. The van der Waals surface area contributed by atoms with Crippen molar-refractivity contribution in [2.75, 3.05) is 26.9 Å². The second-order valence-electron chi connectivity index (χ2n) is 10.00. The van der Waals surface area contributed by atoms with Gasteiger partial charge in [0.25, 0.3) is 0 Å². The van der Waals surface area contributed by atoms with E-state index in [1.165, 1.54) is 25.3 Å². The molecule has 4 N–H and O–H groups in total. The van der Waals surface area contributed by atoms with Crippen LogP contribution in [0.2, 0.25) is 0 Å². The van der Waals surface area contributed by atoms with E-state index < -0.39 is 41.7 Å². The van der Waals surface area contributed by atoms with Crippen LogP contribution < -0.4 is 20.7 Å². The van der Waals surface area contributed by atoms with Crippen LogP contribution in [0.25, 0.3) is 6.08 Å². The number of amides is 3. The molecule has 0 bridgehead atoms. The molecule has 1 fully saturated rings. The smallest absolute Gasteiger partial charge is 0.328 e. The van der Waals surface area contributed by atoms with Crippen molar-refractivity contribution in [3.05, 3.63) is 29.8 Å². The van der Waals surface area contributed by atoms with Crippen molar-refractivity contribution in [2.45, 2.75) is 77.3 Å². The van der Waals surface area contributed by atoms with Crippen LogP contribution in [0, 0.1) is 5.92 Å². The standard InChI is InChI=1S/C30H43N3O9/c1-4-41-28(37)16-13-22(30(39)42-5-2)33-29(38)23(17-20-9-7-6-8-10-20)32-27(36)19-31-26(35)15-12-21-11-14-24(34)25(18-21)40-3/h11-12,14-15,18,20,22-23,34H,4-10,13,16-17,19H2,1-3H3,(H,31,35)(H,32,36)(H,33,38)/b15-12+/t22-,23+/m1/s1. The van der Waals surface area contributed by atoms with E-state index in [9.17, 15) is 29.1 Å². The molecule has 0 heterocycles. The Morgan fingerprint density at radius 2 is 1.71 bits per heavy atom. The van der Waals surface area contributed by atoms with Crippen molar-refractivity contribution < 1.29 is 43.3 Å². The van der Waals surface area contributed by atoms with E-state index in [1.807, 2.05) is 0 Å². The average molecular weight is 590 g/mol. The van der Waals surface area contributed by atoms with Crippen LogP contribution in [0.5, 0.6) is 11.5 Å². The molecule has 1 aromatic carbocycles. The maximum absolute atomic E-state index is 13.3. The zero-order chi connectivity index (χ0) is 30.9. The minimum atomic E-state index is -1.09. The molecule has 2 rings (SSSR count). The van der Waals surface area contributed by atoms with Crippen LogP contribution >= 0.6 is 0 Å². The lowest BCUT2D eigenvalue weighted by Gasteiger charge is -2.28. The van der Waals surface area contributed by atoms with Gasteiger partial charge in [0, 0.05) is 12.5 Å². The molecule has 0 saturated heterocycles. The van der Waals surface area contributed by atoms with Gasteiger partial charge in [0.15, 0.2) is 11.5 Å². The number of rotatable bonds is 16. The van der Waals surface area contributed by atoms with Crippen molar-refractivity contribution in [3.63, 3.8) is 0 Å². The average Bonchev–Trinajstić information content (AvgIpc) is 2.98. The summed E-state index contributed by atoms with van der Waals surface area (Å²) in [6.45, 7) is 3.23. The van der Waals surface area contributed by atoms with Gasteiger partial charge in [0.05, 0.1) is 26.9 Å². The molecule has 1 aliphatic carbocycles. The fourth-order valence-electron chi connectivity index (χ4n) is 4.69. The maximum atomic E-state index is 13.3. The molecule has 1 saturated carbocycles. The third-order valence-corrected chi connectivity index (χ3v) is 6.83. The van der Waals surface area contributed by atoms with Gasteiger partial charge in [-0.2, -0.15) is 0 Å². The second-order valence-corrected chi connectivity index (χ2v) is 10.00. The van der Waals surface area contributed by atoms with Gasteiger partial charge >= 0.3 is 11.9 Å². The summed E-state index contributed by atoms with van der Waals surface area (Å²) in [6, 6.07) is 2.55. The van der Waals surface area contributed by atoms with Gasteiger partial charge in [0.1, 0.15) is 12.1 Å². The Bertz CT molecular complexity index is 1100. The number of hydrogen-bond acceptors (Lipinski definition) is 9. The Morgan fingerprint density at radius 3 is 2.38 bits per heavy atom. The highest BCUT2D eigenvalue weighted by atomic mass is 16.5. The first-order chi connectivity index (χ1) is 20.2. The molecule has 1 aliphatic rings. The normalized spacial score (nSPS) is 14.8. The van der Waals surface area contributed by atoms with Crippen LogP contribution in [0.1, 0.15) is 70.8 Å². The number of carbonyl (C=O) groups excluding carboxylic acids is 5. The Labute approximate surface area is 246 Å². The third kappa shape index (κ3) is 12.2. The number of aromatic hydroxyl groups is 1. The molecule has 12 nitrogen and oxygen atoms in total. The molecular weight excluding hydrogens is 546 g/mol. The Kier molecular flexibility index (Phi) is 14.9. The van der Waals surface area contributed by atoms with E-state index in [0.717, 1.165) is 32.1 Å². The number of phenolic OH excluding ortho intramolecular Hbond substituents is 1. The number of phenols is 1. The number of methoxy groups -OCH3 is 1. The van der Waals surface area contributed by atoms with Crippen LogP contribution in [0.3, 0.4) is 0 Å². The SMILES string of the molecule is CCOC(=O)CC[C@@H](NC(=O)[C@H](CC1CCCCC1)NC(=O)CNC(=O)/C=C/c1ccc(O)c(OC)c1)C(=O)OCC. The zero-order valence-corrected chi connectivity index (χ0v) is 24.6. The molecule has 0 aromatic heterocycles. The minimum Gasteiger partial charge on any atom is -0.504 e. The summed E-state index contributed by atoms with van der Waals surface area (Å²) in [5.41, 5.74) is 0.604. The van der Waals surface area contributed by atoms with E-state index in [-0.39, 0.29) is 50.0 Å². The Morgan fingerprint density at radius 1 is 1.00 bits per heavy atom. The van der Waals surface area contributed by atoms with Crippen molar-refractivity contribution in [3.8, 4) is 11.5 Å². The fourth-order valence-corrected chi connectivity index (χ4v) is 4.69. The first-order valence-electron chi connectivity index (χ1n) is 14.4. The number of benzene rings is 1. The summed E-state index contributed by atoms with van der Waals surface area (Å²) in [5, 5.41) is 17.5. The fraction of sp³-hybridized carbons (Fsp3) is 0.567. The first kappa shape index (κ1) is 34.1. The zero-order valence-electron chi connectivity index (χ0n) is 24.6. The molecule has 1 aromatic rings. The van der Waals surface area contributed by atoms with Gasteiger partial charge in [-0.25, -0.2) is 4.79 Å². The monoisotopic (exact) mass is 589 g/mol. The van der Waals surface area contributed by atoms with Crippen LogP contribution in [-0.4, -0.2) is 73.7 Å². The van der Waals surface area contributed by atoms with E-state index in [0.29, 0.717) is 12.0 Å². The maximum Gasteiger partial charge on any atom is 0.328 e. The van der Waals surface area contributed by atoms with Crippen molar-refractivity contribution >= 4 is 35.7 Å². The molecule has 2 atom stereocenters. The molecule has 0 radical (unpaired) electrons. The van der Waals surface area contributed by atoms with Crippen LogP contribution in [0.4, 0.5) is 0 Å². The second kappa shape index (κ2) is 18.4. The van der Waals surface area contributed by atoms with E-state index in [4.69, 9.17) is 14.2 Å². The molecule has 0 spiro atoms. The van der Waals surface area contributed by atoms with Crippen LogP contribution in [0.15, 0.2) is 24.3 Å². The molecule has 232 valence electrons. The lowest BCUT2D eigenvalue weighted by atomic mass is 9.84. The highest BCUT2D eigenvalue weighted by molar-refractivity contribution is 5.95. The third-order valence-electron chi connectivity index (χ3n) is 6.83. The number of hydrogen-bond donors (Lipinski definition) is 4. The summed E-state index contributed by atoms with van der Waals surface area (Å²) >= 11 is 0. The molecule has 12 heteroatoms. The van der Waals surface area contributed by atoms with Crippen molar-refractivity contribution in [1.29, 1.82) is 0 Å². The van der Waals surface area contributed by atoms with E-state index >= 15 is 0 Å². The number of carbonyl (C=O) groups is 5. The predicted molar refractivity (Wildman–Crippen MR) is 154 cm³/mol. The summed E-state index contributed by atoms with van der Waals surface area (Å²) in [7, 11) is 1.41. The topological polar surface area (TPSA) is 169 Å². The summed E-state index contributed by atoms with van der Waals surface area (Å²) < 4.78 is 15.1. The lowest BCUT2D eigenvalue weighted by molar-refractivity contribution is -0.149. The van der Waals surface area contributed by atoms with Gasteiger partial charge in [-0.1, -0.05) is 38.2 Å². The number of ether oxygens (including phenoxy) is 3. The Hall–Kier alpha value is -4.09. The highest BCUT2D eigenvalue weighted by Crippen LogP contribution is 2.28. The quantitative estimate of drug-likeness (QED) is 0.167. The summed E-state index contributed by atoms with van der Waals surface area (Å²) in [5.74, 6) is -2.41. The highest BCUT2D eigenvalue weighted by Gasteiger charge is 2.30.